The molecule has 0 radical (unpaired) electrons. The maximum atomic E-state index is 10.8. The fourth-order valence-electron chi connectivity index (χ4n) is 3.00. The minimum absolute atomic E-state index is 0.316. The van der Waals surface area contributed by atoms with Gasteiger partial charge in [-0.25, -0.2) is 4.79 Å². The lowest BCUT2D eigenvalue weighted by Crippen LogP contribution is -2.13. The maximum Gasteiger partial charge on any atom is 0.335 e. The van der Waals surface area contributed by atoms with E-state index in [4.69, 9.17) is 9.84 Å². The molecule has 1 aliphatic carbocycles. The summed E-state index contributed by atoms with van der Waals surface area (Å²) >= 11 is 0. The first-order valence-electron chi connectivity index (χ1n) is 8.49. The predicted molar refractivity (Wildman–Crippen MR) is 93.3 cm³/mol. The third kappa shape index (κ3) is 4.59. The Balaban J connectivity index is 1.45. The monoisotopic (exact) mass is 325 g/mol. The van der Waals surface area contributed by atoms with Gasteiger partial charge in [-0.05, 0) is 61.1 Å². The van der Waals surface area contributed by atoms with Crippen molar-refractivity contribution in [3.8, 4) is 5.75 Å². The molecule has 0 aliphatic heterocycles. The van der Waals surface area contributed by atoms with Gasteiger partial charge >= 0.3 is 5.97 Å². The molecule has 4 heteroatoms. The summed E-state index contributed by atoms with van der Waals surface area (Å²) in [5.41, 5.74) is 2.59. The first kappa shape index (κ1) is 16.5. The molecule has 0 atom stereocenters. The number of hydrogen-bond acceptors (Lipinski definition) is 3. The van der Waals surface area contributed by atoms with Crippen LogP contribution in [0, 0.1) is 0 Å². The fraction of sp³-hybridized carbons (Fsp3) is 0.350. The van der Waals surface area contributed by atoms with Gasteiger partial charge in [0.25, 0.3) is 0 Å². The van der Waals surface area contributed by atoms with E-state index >= 15 is 0 Å². The van der Waals surface area contributed by atoms with E-state index in [1.165, 1.54) is 31.2 Å². The summed E-state index contributed by atoms with van der Waals surface area (Å²) in [4.78, 5) is 10.8. The summed E-state index contributed by atoms with van der Waals surface area (Å²) in [6, 6.07) is 15.2. The van der Waals surface area contributed by atoms with E-state index in [0.29, 0.717) is 18.2 Å². The molecule has 0 heterocycles. The van der Waals surface area contributed by atoms with Crippen LogP contribution in [0.2, 0.25) is 0 Å². The number of ether oxygens (including phenoxy) is 1. The minimum Gasteiger partial charge on any atom is -0.490 e. The Morgan fingerprint density at radius 1 is 0.958 bits per heavy atom. The summed E-state index contributed by atoms with van der Waals surface area (Å²) in [5.74, 6) is 0.0596. The molecular formula is C20H23NO3. The Hall–Kier alpha value is -2.33. The van der Waals surface area contributed by atoms with E-state index in [2.05, 4.69) is 17.4 Å². The molecule has 2 aromatic rings. The normalized spacial score (nSPS) is 14.7. The van der Waals surface area contributed by atoms with E-state index in [1.54, 1.807) is 12.1 Å². The van der Waals surface area contributed by atoms with Gasteiger partial charge in [-0.1, -0.05) is 24.3 Å². The first-order chi connectivity index (χ1) is 11.7. The van der Waals surface area contributed by atoms with Gasteiger partial charge in [0.15, 0.2) is 0 Å². The molecule has 1 saturated carbocycles. The van der Waals surface area contributed by atoms with Gasteiger partial charge in [-0.3, -0.25) is 0 Å². The number of aromatic carboxylic acids is 1. The van der Waals surface area contributed by atoms with Gasteiger partial charge in [0.05, 0.1) is 11.7 Å². The van der Waals surface area contributed by atoms with Gasteiger partial charge in [-0.15, -0.1) is 0 Å². The second kappa shape index (κ2) is 7.97. The van der Waals surface area contributed by atoms with E-state index in [9.17, 15) is 4.79 Å². The van der Waals surface area contributed by atoms with Crippen LogP contribution in [0.4, 0.5) is 0 Å². The Kier molecular flexibility index (Phi) is 5.49. The van der Waals surface area contributed by atoms with Crippen LogP contribution >= 0.6 is 0 Å². The zero-order chi connectivity index (χ0) is 16.8. The van der Waals surface area contributed by atoms with Gasteiger partial charge in [0, 0.05) is 13.1 Å². The molecule has 1 aliphatic rings. The van der Waals surface area contributed by atoms with Gasteiger partial charge < -0.3 is 15.2 Å². The fourth-order valence-corrected chi connectivity index (χ4v) is 3.00. The van der Waals surface area contributed by atoms with Crippen LogP contribution in [-0.4, -0.2) is 17.2 Å². The molecule has 0 spiro atoms. The highest BCUT2D eigenvalue weighted by atomic mass is 16.5. The molecule has 3 rings (SSSR count). The van der Waals surface area contributed by atoms with Crippen molar-refractivity contribution in [2.75, 3.05) is 0 Å². The average molecular weight is 325 g/mol. The minimum atomic E-state index is -0.894. The van der Waals surface area contributed by atoms with Crippen molar-refractivity contribution >= 4 is 5.97 Å². The van der Waals surface area contributed by atoms with Crippen LogP contribution in [0.15, 0.2) is 48.5 Å². The Labute approximate surface area is 142 Å². The van der Waals surface area contributed by atoms with Crippen LogP contribution in [0.5, 0.6) is 5.75 Å². The van der Waals surface area contributed by atoms with Crippen molar-refractivity contribution in [1.29, 1.82) is 0 Å². The highest BCUT2D eigenvalue weighted by Crippen LogP contribution is 2.24. The van der Waals surface area contributed by atoms with E-state index in [0.717, 1.165) is 17.9 Å². The molecule has 0 aromatic heterocycles. The molecule has 2 aromatic carbocycles. The Morgan fingerprint density at radius 2 is 1.50 bits per heavy atom. The van der Waals surface area contributed by atoms with E-state index in [1.807, 2.05) is 24.3 Å². The summed E-state index contributed by atoms with van der Waals surface area (Å²) in [7, 11) is 0. The molecule has 0 saturated heterocycles. The quantitative estimate of drug-likeness (QED) is 0.808. The molecule has 24 heavy (non-hydrogen) atoms. The summed E-state index contributed by atoms with van der Waals surface area (Å²) < 4.78 is 5.97. The standard InChI is InChI=1S/C20H23NO3/c22-20(23)17-9-5-15(6-10-17)13-21-14-16-7-11-19(12-8-16)24-18-3-1-2-4-18/h5-12,18,21H,1-4,13-14H2,(H,22,23). The molecule has 2 N–H and O–H groups in total. The smallest absolute Gasteiger partial charge is 0.335 e. The molecule has 0 unspecified atom stereocenters. The molecular weight excluding hydrogens is 302 g/mol. The third-order valence-electron chi connectivity index (χ3n) is 4.39. The molecule has 4 nitrogen and oxygen atoms in total. The number of carboxylic acid groups (broad SMARTS) is 1. The van der Waals surface area contributed by atoms with Gasteiger partial charge in [0.1, 0.15) is 5.75 Å². The summed E-state index contributed by atoms with van der Waals surface area (Å²) in [6.45, 7) is 1.48. The third-order valence-corrected chi connectivity index (χ3v) is 4.39. The highest BCUT2D eigenvalue weighted by Gasteiger charge is 2.16. The van der Waals surface area contributed by atoms with E-state index in [-0.39, 0.29) is 0 Å². The van der Waals surface area contributed by atoms with Crippen molar-refractivity contribution in [2.24, 2.45) is 0 Å². The van der Waals surface area contributed by atoms with E-state index < -0.39 is 5.97 Å². The van der Waals surface area contributed by atoms with Crippen molar-refractivity contribution in [3.05, 3.63) is 65.2 Å². The lowest BCUT2D eigenvalue weighted by Gasteiger charge is -2.13. The SMILES string of the molecule is O=C(O)c1ccc(CNCc2ccc(OC3CCCC3)cc2)cc1. The predicted octanol–water partition coefficient (Wildman–Crippen LogP) is 4.00. The number of benzene rings is 2. The van der Waals surface area contributed by atoms with Crippen molar-refractivity contribution in [1.82, 2.24) is 5.32 Å². The maximum absolute atomic E-state index is 10.8. The average Bonchev–Trinajstić information content (AvgIpc) is 3.10. The van der Waals surface area contributed by atoms with Crippen LogP contribution in [-0.2, 0) is 13.1 Å². The number of hydrogen-bond donors (Lipinski definition) is 2. The number of rotatable bonds is 7. The molecule has 0 amide bonds. The van der Waals surface area contributed by atoms with Crippen LogP contribution in [0.25, 0.3) is 0 Å². The van der Waals surface area contributed by atoms with Crippen LogP contribution < -0.4 is 10.1 Å². The van der Waals surface area contributed by atoms with Crippen LogP contribution in [0.1, 0.15) is 47.2 Å². The summed E-state index contributed by atoms with van der Waals surface area (Å²) in [5, 5.41) is 12.3. The van der Waals surface area contributed by atoms with Gasteiger partial charge in [0.2, 0.25) is 0 Å². The molecule has 126 valence electrons. The summed E-state index contributed by atoms with van der Waals surface area (Å²) in [6.07, 6.45) is 5.29. The van der Waals surface area contributed by atoms with Crippen LogP contribution in [0.3, 0.4) is 0 Å². The van der Waals surface area contributed by atoms with Gasteiger partial charge in [-0.2, -0.15) is 0 Å². The topological polar surface area (TPSA) is 58.6 Å². The second-order valence-corrected chi connectivity index (χ2v) is 6.27. The number of carboxylic acids is 1. The molecule has 0 bridgehead atoms. The Bertz CT molecular complexity index is 658. The first-order valence-corrected chi connectivity index (χ1v) is 8.49. The Morgan fingerprint density at radius 3 is 2.04 bits per heavy atom. The number of nitrogens with one attached hydrogen (secondary N) is 1. The van der Waals surface area contributed by atoms with Crippen molar-refractivity contribution in [3.63, 3.8) is 0 Å². The zero-order valence-corrected chi connectivity index (χ0v) is 13.7. The second-order valence-electron chi connectivity index (χ2n) is 6.27. The van der Waals surface area contributed by atoms with Crippen molar-refractivity contribution in [2.45, 2.75) is 44.9 Å². The lowest BCUT2D eigenvalue weighted by atomic mass is 10.1. The highest BCUT2D eigenvalue weighted by molar-refractivity contribution is 5.87. The molecule has 1 fully saturated rings. The zero-order valence-electron chi connectivity index (χ0n) is 13.7. The van der Waals surface area contributed by atoms with Crippen molar-refractivity contribution < 1.29 is 14.6 Å². The largest absolute Gasteiger partial charge is 0.490 e. The number of carbonyl (C=O) groups is 1. The lowest BCUT2D eigenvalue weighted by molar-refractivity contribution is 0.0697.